The first kappa shape index (κ1) is 16.8. The number of benzene rings is 1. The second-order valence-electron chi connectivity index (χ2n) is 5.02. The van der Waals surface area contributed by atoms with E-state index in [2.05, 4.69) is 20.6 Å². The normalized spacial score (nSPS) is 10.3. The number of nitrogens with one attached hydrogen (secondary N) is 2. The lowest BCUT2D eigenvalue weighted by Crippen LogP contribution is -2.14. The highest BCUT2D eigenvalue weighted by Crippen LogP contribution is 2.27. The van der Waals surface area contributed by atoms with E-state index >= 15 is 0 Å². The van der Waals surface area contributed by atoms with Crippen molar-refractivity contribution in [2.45, 2.75) is 6.54 Å². The SMILES string of the molecule is COc1ccc(NC(=O)c2cnc(NCc3ccco3)cn2)cc1Cl. The molecule has 0 aliphatic rings. The van der Waals surface area contributed by atoms with E-state index in [1.165, 1.54) is 19.5 Å². The van der Waals surface area contributed by atoms with Crippen LogP contribution in [0, 0.1) is 0 Å². The van der Waals surface area contributed by atoms with Crippen LogP contribution < -0.4 is 15.4 Å². The molecule has 0 radical (unpaired) electrons. The van der Waals surface area contributed by atoms with Crippen LogP contribution in [-0.2, 0) is 6.54 Å². The smallest absolute Gasteiger partial charge is 0.275 e. The molecule has 2 aromatic heterocycles. The highest BCUT2D eigenvalue weighted by Gasteiger charge is 2.10. The Morgan fingerprint density at radius 3 is 2.80 bits per heavy atom. The summed E-state index contributed by atoms with van der Waals surface area (Å²) in [5.74, 6) is 1.47. The number of aromatic nitrogens is 2. The van der Waals surface area contributed by atoms with Crippen molar-refractivity contribution in [3.8, 4) is 5.75 Å². The van der Waals surface area contributed by atoms with Crippen molar-refractivity contribution >= 4 is 29.0 Å². The Kier molecular flexibility index (Phi) is 5.15. The fourth-order valence-electron chi connectivity index (χ4n) is 2.07. The van der Waals surface area contributed by atoms with Crippen LogP contribution in [0.3, 0.4) is 0 Å². The van der Waals surface area contributed by atoms with Gasteiger partial charge in [-0.15, -0.1) is 0 Å². The Morgan fingerprint density at radius 1 is 1.28 bits per heavy atom. The molecular weight excluding hydrogens is 344 g/mol. The molecule has 0 unspecified atom stereocenters. The number of ether oxygens (including phenoxy) is 1. The van der Waals surface area contributed by atoms with Crippen LogP contribution in [0.25, 0.3) is 0 Å². The van der Waals surface area contributed by atoms with Crippen LogP contribution in [-0.4, -0.2) is 23.0 Å². The molecule has 1 amide bonds. The van der Waals surface area contributed by atoms with Crippen molar-refractivity contribution < 1.29 is 13.9 Å². The van der Waals surface area contributed by atoms with Gasteiger partial charge in [0.1, 0.15) is 23.0 Å². The number of hydrogen-bond donors (Lipinski definition) is 2. The summed E-state index contributed by atoms with van der Waals surface area (Å²) in [6, 6.07) is 8.62. The Labute approximate surface area is 149 Å². The highest BCUT2D eigenvalue weighted by atomic mass is 35.5. The number of carbonyl (C=O) groups excluding carboxylic acids is 1. The van der Waals surface area contributed by atoms with Gasteiger partial charge in [0.25, 0.3) is 5.91 Å². The largest absolute Gasteiger partial charge is 0.495 e. The molecule has 0 saturated heterocycles. The zero-order valence-electron chi connectivity index (χ0n) is 13.3. The predicted molar refractivity (Wildman–Crippen MR) is 94.0 cm³/mol. The number of hydrogen-bond acceptors (Lipinski definition) is 6. The summed E-state index contributed by atoms with van der Waals surface area (Å²) in [6.07, 6.45) is 4.48. The van der Waals surface area contributed by atoms with Gasteiger partial charge in [0.2, 0.25) is 0 Å². The zero-order chi connectivity index (χ0) is 17.6. The summed E-state index contributed by atoms with van der Waals surface area (Å²) >= 11 is 6.04. The molecule has 0 bridgehead atoms. The first-order valence-electron chi connectivity index (χ1n) is 7.39. The van der Waals surface area contributed by atoms with Gasteiger partial charge in [-0.2, -0.15) is 0 Å². The first-order chi connectivity index (χ1) is 12.2. The molecule has 2 heterocycles. The molecule has 0 atom stereocenters. The van der Waals surface area contributed by atoms with Gasteiger partial charge < -0.3 is 19.8 Å². The maximum Gasteiger partial charge on any atom is 0.275 e. The summed E-state index contributed by atoms with van der Waals surface area (Å²) in [4.78, 5) is 20.5. The molecule has 7 nitrogen and oxygen atoms in total. The fraction of sp³-hybridized carbons (Fsp3) is 0.118. The van der Waals surface area contributed by atoms with Crippen molar-refractivity contribution in [1.82, 2.24) is 9.97 Å². The summed E-state index contributed by atoms with van der Waals surface area (Å²) in [7, 11) is 1.52. The second kappa shape index (κ2) is 7.67. The zero-order valence-corrected chi connectivity index (χ0v) is 14.1. The van der Waals surface area contributed by atoms with Gasteiger partial charge in [-0.1, -0.05) is 11.6 Å². The Hall–Kier alpha value is -3.06. The molecule has 0 aliphatic heterocycles. The number of anilines is 2. The predicted octanol–water partition coefficient (Wildman–Crippen LogP) is 3.60. The highest BCUT2D eigenvalue weighted by molar-refractivity contribution is 6.32. The Bertz CT molecular complexity index is 851. The van der Waals surface area contributed by atoms with Crippen molar-refractivity contribution in [3.63, 3.8) is 0 Å². The molecule has 1 aromatic carbocycles. The van der Waals surface area contributed by atoms with Crippen molar-refractivity contribution in [2.75, 3.05) is 17.7 Å². The molecule has 2 N–H and O–H groups in total. The lowest BCUT2D eigenvalue weighted by molar-refractivity contribution is 0.102. The van der Waals surface area contributed by atoms with Gasteiger partial charge in [0, 0.05) is 5.69 Å². The van der Waals surface area contributed by atoms with E-state index in [-0.39, 0.29) is 11.6 Å². The van der Waals surface area contributed by atoms with Gasteiger partial charge in [0.05, 0.1) is 37.3 Å². The molecular formula is C17H15ClN4O3. The van der Waals surface area contributed by atoms with Crippen LogP contribution in [0.1, 0.15) is 16.2 Å². The molecule has 0 aliphatic carbocycles. The van der Waals surface area contributed by atoms with E-state index < -0.39 is 0 Å². The Balaban J connectivity index is 1.61. The number of carbonyl (C=O) groups is 1. The molecule has 25 heavy (non-hydrogen) atoms. The van der Waals surface area contributed by atoms with E-state index in [0.717, 1.165) is 5.76 Å². The van der Waals surface area contributed by atoms with E-state index in [1.54, 1.807) is 24.5 Å². The van der Waals surface area contributed by atoms with Gasteiger partial charge in [-0.05, 0) is 30.3 Å². The molecule has 0 saturated carbocycles. The topological polar surface area (TPSA) is 89.3 Å². The maximum atomic E-state index is 12.2. The van der Waals surface area contributed by atoms with Crippen molar-refractivity contribution in [1.29, 1.82) is 0 Å². The Morgan fingerprint density at radius 2 is 2.16 bits per heavy atom. The van der Waals surface area contributed by atoms with Crippen LogP contribution >= 0.6 is 11.6 Å². The standard InChI is InChI=1S/C17H15ClN4O3/c1-24-15-5-4-11(7-13(15)18)22-17(23)14-9-21-16(10-19-14)20-8-12-3-2-6-25-12/h2-7,9-10H,8H2,1H3,(H,20,21)(H,22,23). The number of furan rings is 1. The third-order valence-corrected chi connectivity index (χ3v) is 3.61. The summed E-state index contributed by atoms with van der Waals surface area (Å²) in [5.41, 5.74) is 0.730. The first-order valence-corrected chi connectivity index (χ1v) is 7.76. The molecule has 8 heteroatoms. The third kappa shape index (κ3) is 4.27. The maximum absolute atomic E-state index is 12.2. The molecule has 0 spiro atoms. The average Bonchev–Trinajstić information content (AvgIpc) is 3.14. The third-order valence-electron chi connectivity index (χ3n) is 3.32. The van der Waals surface area contributed by atoms with Crippen LogP contribution in [0.4, 0.5) is 11.5 Å². The second-order valence-corrected chi connectivity index (χ2v) is 5.43. The van der Waals surface area contributed by atoms with Crippen LogP contribution in [0.2, 0.25) is 5.02 Å². The number of nitrogens with zero attached hydrogens (tertiary/aromatic N) is 2. The van der Waals surface area contributed by atoms with E-state index in [4.69, 9.17) is 20.8 Å². The summed E-state index contributed by atoms with van der Waals surface area (Å²) < 4.78 is 10.3. The van der Waals surface area contributed by atoms with Gasteiger partial charge in [-0.25, -0.2) is 9.97 Å². The van der Waals surface area contributed by atoms with Gasteiger partial charge >= 0.3 is 0 Å². The average molecular weight is 359 g/mol. The molecule has 3 rings (SSSR count). The monoisotopic (exact) mass is 358 g/mol. The summed E-state index contributed by atoms with van der Waals surface area (Å²) in [5, 5.41) is 6.17. The molecule has 3 aromatic rings. The lowest BCUT2D eigenvalue weighted by atomic mass is 10.3. The minimum absolute atomic E-state index is 0.190. The fourth-order valence-corrected chi connectivity index (χ4v) is 2.32. The minimum Gasteiger partial charge on any atom is -0.495 e. The molecule has 128 valence electrons. The quantitative estimate of drug-likeness (QED) is 0.699. The van der Waals surface area contributed by atoms with Gasteiger partial charge in [-0.3, -0.25) is 4.79 Å². The van der Waals surface area contributed by atoms with Crippen LogP contribution in [0.5, 0.6) is 5.75 Å². The van der Waals surface area contributed by atoms with Crippen molar-refractivity contribution in [2.24, 2.45) is 0 Å². The number of methoxy groups -OCH3 is 1. The van der Waals surface area contributed by atoms with Crippen molar-refractivity contribution in [3.05, 3.63) is 65.5 Å². The minimum atomic E-state index is -0.383. The summed E-state index contributed by atoms with van der Waals surface area (Å²) in [6.45, 7) is 0.484. The molecule has 0 fully saturated rings. The number of rotatable bonds is 6. The number of amides is 1. The van der Waals surface area contributed by atoms with E-state index in [0.29, 0.717) is 28.8 Å². The van der Waals surface area contributed by atoms with E-state index in [9.17, 15) is 4.79 Å². The number of halogens is 1. The van der Waals surface area contributed by atoms with Gasteiger partial charge in [0.15, 0.2) is 0 Å². The van der Waals surface area contributed by atoms with E-state index in [1.807, 2.05) is 12.1 Å². The lowest BCUT2D eigenvalue weighted by Gasteiger charge is -2.08. The van der Waals surface area contributed by atoms with Crippen LogP contribution in [0.15, 0.2) is 53.4 Å².